The Labute approximate surface area is 124 Å². The van der Waals surface area contributed by atoms with Crippen molar-refractivity contribution in [3.8, 4) is 0 Å². The molecule has 0 saturated carbocycles. The Balaban J connectivity index is -0.000000136. The molecule has 116 valence electrons. The molecule has 0 atom stereocenters. The first-order chi connectivity index (χ1) is 9.03. The molecule has 0 aliphatic heterocycles. The molecule has 0 radical (unpaired) electrons. The van der Waals surface area contributed by atoms with Gasteiger partial charge in [-0.3, -0.25) is 0 Å². The molecule has 0 saturated heterocycles. The van der Waals surface area contributed by atoms with Crippen LogP contribution in [0.4, 0.5) is 0 Å². The molecule has 19 heavy (non-hydrogen) atoms. The van der Waals surface area contributed by atoms with Crippen LogP contribution in [0.3, 0.4) is 0 Å². The second kappa shape index (κ2) is 25.9. The fourth-order valence-electron chi connectivity index (χ4n) is 1.14. The van der Waals surface area contributed by atoms with Crippen molar-refractivity contribution in [1.29, 1.82) is 0 Å². The third-order valence-electron chi connectivity index (χ3n) is 2.45. The lowest BCUT2D eigenvalue weighted by molar-refractivity contribution is 0.705. The highest BCUT2D eigenvalue weighted by atomic mass is 14.1. The molecule has 0 nitrogen and oxygen atoms in total. The second-order valence-corrected chi connectivity index (χ2v) is 4.02. The Bertz CT molecular complexity index is 194. The third kappa shape index (κ3) is 26.7. The molecule has 0 aliphatic rings. The summed E-state index contributed by atoms with van der Waals surface area (Å²) in [4.78, 5) is 0. The van der Waals surface area contributed by atoms with Gasteiger partial charge in [-0.1, -0.05) is 78.3 Å². The van der Waals surface area contributed by atoms with Crippen molar-refractivity contribution in [2.45, 2.75) is 81.6 Å². The predicted octanol–water partition coefficient (Wildman–Crippen LogP) is 7.58. The molecule has 0 heterocycles. The quantitative estimate of drug-likeness (QED) is 0.451. The summed E-state index contributed by atoms with van der Waals surface area (Å²) in [5.41, 5.74) is 2.93. The van der Waals surface area contributed by atoms with Crippen molar-refractivity contribution in [1.82, 2.24) is 0 Å². The lowest BCUT2D eigenvalue weighted by Gasteiger charge is -2.09. The fourth-order valence-corrected chi connectivity index (χ4v) is 1.14. The molecule has 0 bridgehead atoms. The van der Waals surface area contributed by atoms with E-state index in [0.29, 0.717) is 5.92 Å². The lowest BCUT2D eigenvalue weighted by atomic mass is 9.97. The first-order valence-corrected chi connectivity index (χ1v) is 7.92. The van der Waals surface area contributed by atoms with E-state index in [1.165, 1.54) is 18.4 Å². The van der Waals surface area contributed by atoms with Crippen LogP contribution in [-0.2, 0) is 0 Å². The van der Waals surface area contributed by atoms with Crippen LogP contribution < -0.4 is 0 Å². The van der Waals surface area contributed by atoms with Crippen LogP contribution in [-0.4, -0.2) is 0 Å². The topological polar surface area (TPSA) is 0 Å². The van der Waals surface area contributed by atoms with Gasteiger partial charge in [0.2, 0.25) is 0 Å². The molecular weight excluding hydrogens is 228 g/mol. The monoisotopic (exact) mass is 268 g/mol. The standard InChI is InChI=1S/C12H22.C3H6.2C2H6/c1-6-12(7-2)9-8-11(5)10(3)4;1-3-2;2*1-2/h6,10H,5,7-9H2,1-4H3;3H,1H2,2H3;2*1-2H3/b12-6-;;;. The molecule has 0 N–H and O–H groups in total. The van der Waals surface area contributed by atoms with Gasteiger partial charge in [-0.15, -0.1) is 6.58 Å². The minimum atomic E-state index is 0.639. The summed E-state index contributed by atoms with van der Waals surface area (Å²) >= 11 is 0. The van der Waals surface area contributed by atoms with Crippen molar-refractivity contribution < 1.29 is 0 Å². The average molecular weight is 269 g/mol. The van der Waals surface area contributed by atoms with Crippen LogP contribution in [0.5, 0.6) is 0 Å². The molecule has 0 aromatic carbocycles. The van der Waals surface area contributed by atoms with Crippen LogP contribution in [0, 0.1) is 5.92 Å². The summed E-state index contributed by atoms with van der Waals surface area (Å²) in [6.45, 7) is 26.1. The van der Waals surface area contributed by atoms with Crippen molar-refractivity contribution in [2.75, 3.05) is 0 Å². The van der Waals surface area contributed by atoms with Gasteiger partial charge in [0.1, 0.15) is 0 Å². The van der Waals surface area contributed by atoms with Crippen molar-refractivity contribution >= 4 is 0 Å². The van der Waals surface area contributed by atoms with E-state index in [1.807, 2.05) is 34.6 Å². The molecule has 0 spiro atoms. The Morgan fingerprint density at radius 2 is 1.37 bits per heavy atom. The van der Waals surface area contributed by atoms with E-state index in [4.69, 9.17) is 0 Å². The third-order valence-corrected chi connectivity index (χ3v) is 2.45. The lowest BCUT2D eigenvalue weighted by Crippen LogP contribution is -1.93. The van der Waals surface area contributed by atoms with E-state index < -0.39 is 0 Å². The van der Waals surface area contributed by atoms with Gasteiger partial charge < -0.3 is 0 Å². The summed E-state index contributed by atoms with van der Waals surface area (Å²) in [5.74, 6) is 0.639. The van der Waals surface area contributed by atoms with Gasteiger partial charge in [0, 0.05) is 0 Å². The van der Waals surface area contributed by atoms with E-state index in [9.17, 15) is 0 Å². The highest BCUT2D eigenvalue weighted by molar-refractivity contribution is 5.05. The first kappa shape index (κ1) is 26.7. The normalized spacial score (nSPS) is 9.05. The van der Waals surface area contributed by atoms with Crippen molar-refractivity contribution in [3.63, 3.8) is 0 Å². The van der Waals surface area contributed by atoms with E-state index >= 15 is 0 Å². The zero-order valence-electron chi connectivity index (χ0n) is 15.3. The van der Waals surface area contributed by atoms with Gasteiger partial charge >= 0.3 is 0 Å². The van der Waals surface area contributed by atoms with Crippen LogP contribution in [0.15, 0.2) is 36.5 Å². The molecule has 0 heteroatoms. The Kier molecular flexibility index (Phi) is 36.5. The number of hydrogen-bond donors (Lipinski definition) is 0. The van der Waals surface area contributed by atoms with Crippen molar-refractivity contribution in [3.05, 3.63) is 36.5 Å². The second-order valence-electron chi connectivity index (χ2n) is 4.02. The molecule has 0 amide bonds. The zero-order valence-corrected chi connectivity index (χ0v) is 15.3. The number of rotatable bonds is 5. The van der Waals surface area contributed by atoms with Gasteiger partial charge in [-0.2, -0.15) is 0 Å². The minimum absolute atomic E-state index is 0.639. The maximum atomic E-state index is 4.07. The fraction of sp³-hybridized carbons (Fsp3) is 0.684. The molecular formula is C19H40. The predicted molar refractivity (Wildman–Crippen MR) is 95.8 cm³/mol. The van der Waals surface area contributed by atoms with E-state index in [-0.39, 0.29) is 0 Å². The van der Waals surface area contributed by atoms with Gasteiger partial charge in [-0.05, 0) is 39.0 Å². The molecule has 0 aliphatic carbocycles. The number of allylic oxidation sites excluding steroid dienone is 4. The maximum Gasteiger partial charge on any atom is -0.0263 e. The van der Waals surface area contributed by atoms with Gasteiger partial charge in [0.25, 0.3) is 0 Å². The highest BCUT2D eigenvalue weighted by Crippen LogP contribution is 2.18. The molecule has 0 aromatic rings. The maximum absolute atomic E-state index is 4.07. The Morgan fingerprint density at radius 1 is 1.00 bits per heavy atom. The zero-order chi connectivity index (χ0) is 16.3. The highest BCUT2D eigenvalue weighted by Gasteiger charge is 2.00. The Hall–Kier alpha value is -0.780. The molecule has 0 aromatic heterocycles. The largest absolute Gasteiger partial charge is 0.103 e. The summed E-state index contributed by atoms with van der Waals surface area (Å²) in [5, 5.41) is 0. The molecule has 0 unspecified atom stereocenters. The summed E-state index contributed by atoms with van der Waals surface area (Å²) in [7, 11) is 0. The summed E-state index contributed by atoms with van der Waals surface area (Å²) in [6, 6.07) is 0. The molecule has 0 fully saturated rings. The number of hydrogen-bond acceptors (Lipinski definition) is 0. The van der Waals surface area contributed by atoms with E-state index in [0.717, 1.165) is 6.42 Å². The van der Waals surface area contributed by atoms with E-state index in [1.54, 1.807) is 11.6 Å². The van der Waals surface area contributed by atoms with Gasteiger partial charge in [-0.25, -0.2) is 0 Å². The summed E-state index contributed by atoms with van der Waals surface area (Å²) < 4.78 is 0. The SMILES string of the molecule is C=C(CC/C(=C\C)CC)C(C)C.C=CC.CC.CC. The Morgan fingerprint density at radius 3 is 1.58 bits per heavy atom. The smallest absolute Gasteiger partial charge is 0.0263 e. The van der Waals surface area contributed by atoms with Crippen LogP contribution in [0.2, 0.25) is 0 Å². The van der Waals surface area contributed by atoms with Crippen LogP contribution in [0.25, 0.3) is 0 Å². The van der Waals surface area contributed by atoms with E-state index in [2.05, 4.69) is 46.9 Å². The minimum Gasteiger partial charge on any atom is -0.103 e. The van der Waals surface area contributed by atoms with Crippen LogP contribution >= 0.6 is 0 Å². The first-order valence-electron chi connectivity index (χ1n) is 7.92. The molecule has 0 rings (SSSR count). The van der Waals surface area contributed by atoms with Crippen molar-refractivity contribution in [2.24, 2.45) is 5.92 Å². The average Bonchev–Trinajstić information content (AvgIpc) is 2.45. The van der Waals surface area contributed by atoms with Gasteiger partial charge in [0.15, 0.2) is 0 Å². The van der Waals surface area contributed by atoms with Crippen LogP contribution in [0.1, 0.15) is 81.6 Å². The van der Waals surface area contributed by atoms with Gasteiger partial charge in [0.05, 0.1) is 0 Å². The summed E-state index contributed by atoms with van der Waals surface area (Å²) in [6.07, 6.45) is 7.52.